The van der Waals surface area contributed by atoms with E-state index in [1.807, 2.05) is 0 Å². The van der Waals surface area contributed by atoms with Crippen molar-refractivity contribution in [2.75, 3.05) is 6.61 Å². The molecule has 0 amide bonds. The molecule has 3 saturated heterocycles. The van der Waals surface area contributed by atoms with Crippen LogP contribution in [0.25, 0.3) is 0 Å². The van der Waals surface area contributed by atoms with Gasteiger partial charge in [0.15, 0.2) is 12.1 Å². The molecule has 0 bridgehead atoms. The van der Waals surface area contributed by atoms with Gasteiger partial charge >= 0.3 is 0 Å². The topological polar surface area (TPSA) is 160 Å². The second-order valence-corrected chi connectivity index (χ2v) is 8.13. The highest BCUT2D eigenvalue weighted by molar-refractivity contribution is 5.90. The van der Waals surface area contributed by atoms with E-state index in [1.165, 1.54) is 0 Å². The van der Waals surface area contributed by atoms with Crippen molar-refractivity contribution in [3.8, 4) is 0 Å². The van der Waals surface area contributed by atoms with Crippen LogP contribution in [0.4, 0.5) is 0 Å². The summed E-state index contributed by atoms with van der Waals surface area (Å²) in [6, 6.07) is 0. The molecule has 0 spiro atoms. The molecule has 4 rings (SSSR count). The van der Waals surface area contributed by atoms with Crippen molar-refractivity contribution in [2.24, 2.45) is 5.16 Å². The van der Waals surface area contributed by atoms with Crippen LogP contribution in [0.5, 0.6) is 0 Å². The number of ether oxygens (including phenoxy) is 4. The highest BCUT2D eigenvalue weighted by atomic mass is 16.8. The number of aliphatic hydroxyl groups is 5. The smallest absolute Gasteiger partial charge is 0.184 e. The molecule has 0 aromatic heterocycles. The van der Waals surface area contributed by atoms with Crippen LogP contribution in [0.1, 0.15) is 26.7 Å². The average Bonchev–Trinajstić information content (AvgIpc) is 3.30. The highest BCUT2D eigenvalue weighted by Crippen LogP contribution is 2.40. The van der Waals surface area contributed by atoms with Gasteiger partial charge in [-0.25, -0.2) is 0 Å². The number of aliphatic hydroxyl groups excluding tert-OH is 5. The van der Waals surface area contributed by atoms with Crippen molar-refractivity contribution in [3.05, 3.63) is 0 Å². The molecule has 0 saturated carbocycles. The fourth-order valence-electron chi connectivity index (χ4n) is 4.22. The Morgan fingerprint density at radius 3 is 2.36 bits per heavy atom. The summed E-state index contributed by atoms with van der Waals surface area (Å²) < 4.78 is 22.5. The molecule has 3 fully saturated rings. The zero-order chi connectivity index (χ0) is 20.2. The minimum absolute atomic E-state index is 0.181. The first-order chi connectivity index (χ1) is 13.2. The van der Waals surface area contributed by atoms with E-state index in [-0.39, 0.29) is 6.42 Å². The van der Waals surface area contributed by atoms with E-state index in [1.54, 1.807) is 13.8 Å². The zero-order valence-corrected chi connectivity index (χ0v) is 15.6. The quantitative estimate of drug-likeness (QED) is 0.341. The van der Waals surface area contributed by atoms with Gasteiger partial charge in [0.05, 0.1) is 18.4 Å². The third-order valence-corrected chi connectivity index (χ3v) is 5.60. The Morgan fingerprint density at radius 1 is 0.964 bits per heavy atom. The monoisotopic (exact) mass is 405 g/mol. The van der Waals surface area contributed by atoms with Gasteiger partial charge < -0.3 is 49.3 Å². The Bertz CT molecular complexity index is 613. The molecule has 11 nitrogen and oxygen atoms in total. The van der Waals surface area contributed by atoms with Crippen molar-refractivity contribution in [2.45, 2.75) is 93.7 Å². The van der Waals surface area contributed by atoms with Gasteiger partial charge in [-0.15, -0.1) is 0 Å². The Labute approximate surface area is 161 Å². The summed E-state index contributed by atoms with van der Waals surface area (Å²) in [7, 11) is 0. The van der Waals surface area contributed by atoms with Crippen LogP contribution in [0, 0.1) is 0 Å². The number of fused-ring (bicyclic) bond motifs is 1. The number of hydrogen-bond donors (Lipinski definition) is 5. The number of nitrogens with zero attached hydrogens (tertiary/aromatic N) is 1. The predicted molar refractivity (Wildman–Crippen MR) is 90.0 cm³/mol. The van der Waals surface area contributed by atoms with Crippen LogP contribution in [0.15, 0.2) is 5.16 Å². The third kappa shape index (κ3) is 3.55. The Morgan fingerprint density at radius 2 is 1.64 bits per heavy atom. The molecule has 4 heterocycles. The van der Waals surface area contributed by atoms with Crippen molar-refractivity contribution in [1.82, 2.24) is 0 Å². The van der Waals surface area contributed by atoms with E-state index in [4.69, 9.17) is 23.8 Å². The van der Waals surface area contributed by atoms with Crippen molar-refractivity contribution in [1.29, 1.82) is 0 Å². The fraction of sp³-hybridized carbons (Fsp3) is 0.941. The summed E-state index contributed by atoms with van der Waals surface area (Å²) in [5, 5.41) is 53.4. The lowest BCUT2D eigenvalue weighted by molar-refractivity contribution is -0.234. The minimum atomic E-state index is -1.43. The maximum atomic E-state index is 10.2. The third-order valence-electron chi connectivity index (χ3n) is 5.60. The lowest BCUT2D eigenvalue weighted by Crippen LogP contribution is -2.59. The summed E-state index contributed by atoms with van der Waals surface area (Å²) in [5.74, 6) is -0.839. The maximum Gasteiger partial charge on any atom is 0.184 e. The normalized spacial score (nSPS) is 50.3. The number of rotatable bonds is 4. The second kappa shape index (κ2) is 7.42. The maximum absolute atomic E-state index is 10.2. The van der Waals surface area contributed by atoms with Crippen molar-refractivity contribution < 1.29 is 49.3 Å². The highest BCUT2D eigenvalue weighted by Gasteiger charge is 2.57. The summed E-state index contributed by atoms with van der Waals surface area (Å²) in [6.45, 7) is 3.02. The molecule has 0 aromatic carbocycles. The standard InChI is InChI=1S/C17H27NO10/c1-17(2)26-14-13(25-16(23)15(14)27-17)7-3-6(28-18-7)4-8-10(20)12(22)11(21)9(5-19)24-8/h6,8-16,19-23H,3-5H2,1-2H3/t6-,8-,9-,10?,11?,12-,13-,14+,15+,16?/m1/s1. The lowest BCUT2D eigenvalue weighted by Gasteiger charge is -2.40. The van der Waals surface area contributed by atoms with Crippen molar-refractivity contribution >= 4 is 5.71 Å². The van der Waals surface area contributed by atoms with E-state index in [2.05, 4.69) is 5.16 Å². The Hall–Kier alpha value is -0.890. The molecular weight excluding hydrogens is 378 g/mol. The summed E-state index contributed by atoms with van der Waals surface area (Å²) in [5.41, 5.74) is 0.544. The van der Waals surface area contributed by atoms with E-state index < -0.39 is 73.6 Å². The number of oxime groups is 1. The first-order valence-corrected chi connectivity index (χ1v) is 9.42. The second-order valence-electron chi connectivity index (χ2n) is 8.13. The molecule has 10 atom stereocenters. The van der Waals surface area contributed by atoms with Gasteiger partial charge in [0.25, 0.3) is 0 Å². The van der Waals surface area contributed by atoms with Gasteiger partial charge in [-0.2, -0.15) is 0 Å². The van der Waals surface area contributed by atoms with E-state index in [9.17, 15) is 25.5 Å². The van der Waals surface area contributed by atoms with Crippen LogP contribution in [-0.4, -0.2) is 105 Å². The average molecular weight is 405 g/mol. The van der Waals surface area contributed by atoms with Crippen molar-refractivity contribution in [3.63, 3.8) is 0 Å². The first kappa shape index (κ1) is 20.4. The summed E-state index contributed by atoms with van der Waals surface area (Å²) in [4.78, 5) is 5.43. The van der Waals surface area contributed by atoms with E-state index in [0.29, 0.717) is 12.1 Å². The van der Waals surface area contributed by atoms with E-state index >= 15 is 0 Å². The van der Waals surface area contributed by atoms with Gasteiger partial charge in [0, 0.05) is 12.8 Å². The molecule has 0 aromatic rings. The SMILES string of the molecule is CC1(C)O[C@H]2[C@@H](C3=NO[C@@H](C[C@H]4O[C@H](CO)C(O)[C@H](O)C4O)C3)OC(O)[C@H]2O1. The van der Waals surface area contributed by atoms with Gasteiger partial charge in [0.1, 0.15) is 48.8 Å². The van der Waals surface area contributed by atoms with E-state index in [0.717, 1.165) is 0 Å². The van der Waals surface area contributed by atoms with Crippen LogP contribution in [0.2, 0.25) is 0 Å². The molecular formula is C17H27NO10. The Balaban J connectivity index is 1.37. The zero-order valence-electron chi connectivity index (χ0n) is 15.6. The predicted octanol–water partition coefficient (Wildman–Crippen LogP) is -2.40. The van der Waals surface area contributed by atoms with Gasteiger partial charge in [0.2, 0.25) is 0 Å². The number of hydrogen-bond acceptors (Lipinski definition) is 11. The molecule has 28 heavy (non-hydrogen) atoms. The first-order valence-electron chi connectivity index (χ1n) is 9.42. The molecule has 4 aliphatic heterocycles. The minimum Gasteiger partial charge on any atom is -0.394 e. The molecule has 0 aliphatic carbocycles. The molecule has 3 unspecified atom stereocenters. The van der Waals surface area contributed by atoms with Gasteiger partial charge in [-0.3, -0.25) is 0 Å². The van der Waals surface area contributed by atoms with Crippen LogP contribution in [0.3, 0.4) is 0 Å². The summed E-state index contributed by atoms with van der Waals surface area (Å²) >= 11 is 0. The van der Waals surface area contributed by atoms with Crippen LogP contribution < -0.4 is 0 Å². The molecule has 11 heteroatoms. The largest absolute Gasteiger partial charge is 0.394 e. The molecule has 0 radical (unpaired) electrons. The summed E-state index contributed by atoms with van der Waals surface area (Å²) in [6.07, 6.45) is -8.80. The van der Waals surface area contributed by atoms with Gasteiger partial charge in [-0.05, 0) is 13.8 Å². The van der Waals surface area contributed by atoms with Crippen LogP contribution in [-0.2, 0) is 23.8 Å². The fourth-order valence-corrected chi connectivity index (χ4v) is 4.22. The molecule has 4 aliphatic rings. The molecule has 160 valence electrons. The van der Waals surface area contributed by atoms with Crippen LogP contribution >= 0.6 is 0 Å². The van der Waals surface area contributed by atoms with Gasteiger partial charge in [-0.1, -0.05) is 5.16 Å². The Kier molecular flexibility index (Phi) is 5.40. The lowest BCUT2D eigenvalue weighted by atomic mass is 9.91. The molecule has 5 N–H and O–H groups in total.